The Morgan fingerprint density at radius 2 is 1.85 bits per heavy atom. The lowest BCUT2D eigenvalue weighted by molar-refractivity contribution is 0.938. The van der Waals surface area contributed by atoms with Gasteiger partial charge in [-0.25, -0.2) is 4.98 Å². The summed E-state index contributed by atoms with van der Waals surface area (Å²) in [6.07, 6.45) is 2.47. The Labute approximate surface area is 121 Å². The molecule has 3 rings (SSSR count). The molecule has 3 aromatic rings. The molecule has 2 heterocycles. The fourth-order valence-electron chi connectivity index (χ4n) is 1.82. The number of nitrogens with zero attached hydrogens (tertiary/aromatic N) is 3. The van der Waals surface area contributed by atoms with Gasteiger partial charge in [0.2, 0.25) is 5.16 Å². The third-order valence-electron chi connectivity index (χ3n) is 2.80. The zero-order chi connectivity index (χ0) is 13.6. The Bertz CT molecular complexity index is 652. The molecular weight excluding hydrogens is 268 g/mol. The van der Waals surface area contributed by atoms with Gasteiger partial charge in [0, 0.05) is 24.1 Å². The number of hydrogen-bond donors (Lipinski definition) is 1. The van der Waals surface area contributed by atoms with Gasteiger partial charge in [-0.2, -0.15) is 0 Å². The second kappa shape index (κ2) is 6.34. The van der Waals surface area contributed by atoms with Gasteiger partial charge in [-0.3, -0.25) is 10.1 Å². The monoisotopic (exact) mass is 282 g/mol. The van der Waals surface area contributed by atoms with Crippen LogP contribution in [0.4, 0.5) is 0 Å². The van der Waals surface area contributed by atoms with E-state index < -0.39 is 0 Å². The maximum atomic E-state index is 4.48. The van der Waals surface area contributed by atoms with E-state index in [-0.39, 0.29) is 0 Å². The third kappa shape index (κ3) is 3.45. The Hall–Kier alpha value is -2.14. The minimum absolute atomic E-state index is 0.680. The standard InChI is InChI=1S/C15H14N4S/c1-2-6-12(7-3-1)11-20-15-17-14(18-19-15)10-13-8-4-5-9-16-13/h1-9H,10-11H2,(H,17,18,19). The first-order chi connectivity index (χ1) is 9.90. The number of H-pyrrole nitrogens is 1. The smallest absolute Gasteiger partial charge is 0.208 e. The number of aromatic nitrogens is 4. The van der Waals surface area contributed by atoms with Crippen LogP contribution in [0.3, 0.4) is 0 Å². The summed E-state index contributed by atoms with van der Waals surface area (Å²) < 4.78 is 0. The lowest BCUT2D eigenvalue weighted by Crippen LogP contribution is -1.93. The molecule has 0 spiro atoms. The van der Waals surface area contributed by atoms with Crippen molar-refractivity contribution >= 4 is 11.8 Å². The van der Waals surface area contributed by atoms with E-state index in [0.29, 0.717) is 6.42 Å². The number of hydrogen-bond acceptors (Lipinski definition) is 4. The molecule has 0 radical (unpaired) electrons. The first-order valence-electron chi connectivity index (χ1n) is 6.38. The molecule has 4 nitrogen and oxygen atoms in total. The van der Waals surface area contributed by atoms with E-state index >= 15 is 0 Å². The highest BCUT2D eigenvalue weighted by Gasteiger charge is 2.05. The summed E-state index contributed by atoms with van der Waals surface area (Å²) >= 11 is 1.63. The molecule has 1 aromatic carbocycles. The van der Waals surface area contributed by atoms with Gasteiger partial charge in [0.15, 0.2) is 0 Å². The second-order valence-electron chi connectivity index (χ2n) is 4.34. The van der Waals surface area contributed by atoms with E-state index in [1.165, 1.54) is 5.56 Å². The molecule has 0 bridgehead atoms. The zero-order valence-corrected chi connectivity index (χ0v) is 11.7. The number of benzene rings is 1. The number of pyridine rings is 1. The number of nitrogens with one attached hydrogen (secondary N) is 1. The predicted molar refractivity (Wildman–Crippen MR) is 79.4 cm³/mol. The molecule has 0 atom stereocenters. The Balaban J connectivity index is 1.60. The number of rotatable bonds is 5. The van der Waals surface area contributed by atoms with Crippen molar-refractivity contribution in [3.8, 4) is 0 Å². The maximum absolute atomic E-state index is 4.48. The highest BCUT2D eigenvalue weighted by molar-refractivity contribution is 7.98. The van der Waals surface area contributed by atoms with E-state index in [0.717, 1.165) is 22.4 Å². The highest BCUT2D eigenvalue weighted by Crippen LogP contribution is 2.19. The van der Waals surface area contributed by atoms with E-state index in [1.54, 1.807) is 18.0 Å². The molecule has 0 aliphatic carbocycles. The lowest BCUT2D eigenvalue weighted by atomic mass is 10.2. The van der Waals surface area contributed by atoms with Crippen LogP contribution in [0.25, 0.3) is 0 Å². The van der Waals surface area contributed by atoms with Crippen molar-refractivity contribution in [2.24, 2.45) is 0 Å². The van der Waals surface area contributed by atoms with Crippen LogP contribution >= 0.6 is 11.8 Å². The SMILES string of the molecule is c1ccc(CSc2n[nH]c(Cc3ccccn3)n2)cc1. The summed E-state index contributed by atoms with van der Waals surface area (Å²) in [6, 6.07) is 16.2. The van der Waals surface area contributed by atoms with E-state index in [1.807, 2.05) is 36.4 Å². The minimum atomic E-state index is 0.680. The van der Waals surface area contributed by atoms with Gasteiger partial charge in [-0.05, 0) is 17.7 Å². The van der Waals surface area contributed by atoms with Crippen molar-refractivity contribution in [3.05, 3.63) is 71.8 Å². The lowest BCUT2D eigenvalue weighted by Gasteiger charge is -1.97. The van der Waals surface area contributed by atoms with Crippen LogP contribution in [0.15, 0.2) is 59.9 Å². The van der Waals surface area contributed by atoms with Gasteiger partial charge in [0.1, 0.15) is 5.82 Å². The fraction of sp³-hybridized carbons (Fsp3) is 0.133. The number of aromatic amines is 1. The molecule has 0 aliphatic rings. The van der Waals surface area contributed by atoms with Crippen molar-refractivity contribution < 1.29 is 0 Å². The summed E-state index contributed by atoms with van der Waals surface area (Å²) in [5.74, 6) is 1.72. The molecule has 20 heavy (non-hydrogen) atoms. The Morgan fingerprint density at radius 3 is 2.65 bits per heavy atom. The van der Waals surface area contributed by atoms with Gasteiger partial charge in [0.25, 0.3) is 0 Å². The number of thioether (sulfide) groups is 1. The molecule has 1 N–H and O–H groups in total. The normalized spacial score (nSPS) is 10.6. The topological polar surface area (TPSA) is 54.5 Å². The van der Waals surface area contributed by atoms with E-state index in [9.17, 15) is 0 Å². The highest BCUT2D eigenvalue weighted by atomic mass is 32.2. The van der Waals surface area contributed by atoms with Crippen molar-refractivity contribution in [2.45, 2.75) is 17.3 Å². The Morgan fingerprint density at radius 1 is 1.00 bits per heavy atom. The second-order valence-corrected chi connectivity index (χ2v) is 5.28. The average molecular weight is 282 g/mol. The van der Waals surface area contributed by atoms with Crippen LogP contribution in [0.2, 0.25) is 0 Å². The summed E-state index contributed by atoms with van der Waals surface area (Å²) in [7, 11) is 0. The summed E-state index contributed by atoms with van der Waals surface area (Å²) in [4.78, 5) is 8.76. The van der Waals surface area contributed by atoms with Crippen molar-refractivity contribution in [1.82, 2.24) is 20.2 Å². The Kier molecular flexibility index (Phi) is 4.08. The molecular formula is C15H14N4S. The first kappa shape index (κ1) is 12.9. The van der Waals surface area contributed by atoms with Crippen molar-refractivity contribution in [3.63, 3.8) is 0 Å². The molecule has 0 fully saturated rings. The van der Waals surface area contributed by atoms with Crippen LogP contribution in [-0.2, 0) is 12.2 Å². The van der Waals surface area contributed by atoms with Gasteiger partial charge in [-0.1, -0.05) is 48.2 Å². The van der Waals surface area contributed by atoms with Crippen LogP contribution in [-0.4, -0.2) is 20.2 Å². The van der Waals surface area contributed by atoms with Crippen LogP contribution in [0.5, 0.6) is 0 Å². The quantitative estimate of drug-likeness (QED) is 0.731. The fourth-order valence-corrected chi connectivity index (χ4v) is 2.59. The third-order valence-corrected chi connectivity index (χ3v) is 3.72. The summed E-state index contributed by atoms with van der Waals surface area (Å²) in [5, 5.41) is 7.97. The van der Waals surface area contributed by atoms with Crippen molar-refractivity contribution in [1.29, 1.82) is 0 Å². The van der Waals surface area contributed by atoms with Crippen LogP contribution in [0.1, 0.15) is 17.1 Å². The summed E-state index contributed by atoms with van der Waals surface area (Å²) in [6.45, 7) is 0. The molecule has 0 amide bonds. The molecule has 0 aliphatic heterocycles. The molecule has 5 heteroatoms. The largest absolute Gasteiger partial charge is 0.262 e. The predicted octanol–water partition coefficient (Wildman–Crippen LogP) is 3.08. The molecule has 0 saturated carbocycles. The maximum Gasteiger partial charge on any atom is 0.208 e. The van der Waals surface area contributed by atoms with Gasteiger partial charge >= 0.3 is 0 Å². The van der Waals surface area contributed by atoms with Gasteiger partial charge < -0.3 is 0 Å². The molecule has 0 saturated heterocycles. The van der Waals surface area contributed by atoms with Crippen LogP contribution < -0.4 is 0 Å². The summed E-state index contributed by atoms with van der Waals surface area (Å²) in [5.41, 5.74) is 2.26. The first-order valence-corrected chi connectivity index (χ1v) is 7.36. The molecule has 2 aromatic heterocycles. The van der Waals surface area contributed by atoms with E-state index in [2.05, 4.69) is 32.3 Å². The van der Waals surface area contributed by atoms with Gasteiger partial charge in [0.05, 0.1) is 0 Å². The van der Waals surface area contributed by atoms with E-state index in [4.69, 9.17) is 0 Å². The van der Waals surface area contributed by atoms with Crippen molar-refractivity contribution in [2.75, 3.05) is 0 Å². The molecule has 0 unspecified atom stereocenters. The zero-order valence-electron chi connectivity index (χ0n) is 10.9. The molecule has 100 valence electrons. The van der Waals surface area contributed by atoms with Gasteiger partial charge in [-0.15, -0.1) is 5.10 Å². The van der Waals surface area contributed by atoms with Crippen LogP contribution in [0, 0.1) is 0 Å². The average Bonchev–Trinajstić information content (AvgIpc) is 2.95. The minimum Gasteiger partial charge on any atom is -0.262 e.